The average molecular weight is 384 g/mol. The Morgan fingerprint density at radius 1 is 1.32 bits per heavy atom. The van der Waals surface area contributed by atoms with Gasteiger partial charge in [-0.15, -0.1) is 6.58 Å². The molecule has 0 aliphatic carbocycles. The Bertz CT molecular complexity index is 1200. The lowest BCUT2D eigenvalue weighted by molar-refractivity contribution is 0.373. The first-order valence-electron chi connectivity index (χ1n) is 8.32. The molecule has 2 N–H and O–H groups in total. The minimum absolute atomic E-state index is 0.0275. The van der Waals surface area contributed by atoms with Gasteiger partial charge in [-0.25, -0.2) is 10.2 Å². The van der Waals surface area contributed by atoms with E-state index in [-0.39, 0.29) is 23.5 Å². The highest BCUT2D eigenvalue weighted by atomic mass is 16.5. The number of aromatic nitrogens is 4. The van der Waals surface area contributed by atoms with Crippen molar-refractivity contribution in [3.8, 4) is 11.5 Å². The van der Waals surface area contributed by atoms with Crippen LogP contribution >= 0.6 is 0 Å². The number of benzene rings is 1. The highest BCUT2D eigenvalue weighted by Gasteiger charge is 2.17. The van der Waals surface area contributed by atoms with E-state index in [1.165, 1.54) is 34.6 Å². The number of phenols is 1. The number of ether oxygens (including phenoxy) is 1. The molecule has 0 spiro atoms. The largest absolute Gasteiger partial charge is 0.504 e. The number of methoxy groups -OCH3 is 1. The molecule has 3 aromatic rings. The number of imidazole rings is 1. The molecule has 0 aliphatic rings. The van der Waals surface area contributed by atoms with E-state index < -0.39 is 11.2 Å². The predicted octanol–water partition coefficient (Wildman–Crippen LogP) is 0.780. The van der Waals surface area contributed by atoms with Gasteiger partial charge in [-0.1, -0.05) is 6.08 Å². The van der Waals surface area contributed by atoms with Crippen molar-refractivity contribution < 1.29 is 9.84 Å². The van der Waals surface area contributed by atoms with Crippen LogP contribution in [0.25, 0.3) is 11.2 Å². The Labute approximate surface area is 159 Å². The third kappa shape index (κ3) is 3.15. The number of rotatable bonds is 6. The Morgan fingerprint density at radius 3 is 2.75 bits per heavy atom. The van der Waals surface area contributed by atoms with Gasteiger partial charge in [0.15, 0.2) is 22.7 Å². The highest BCUT2D eigenvalue weighted by Crippen LogP contribution is 2.25. The number of phenolic OH excluding ortho intramolecular Hbond substituents is 1. The van der Waals surface area contributed by atoms with Crippen molar-refractivity contribution in [3.05, 3.63) is 57.3 Å². The molecule has 146 valence electrons. The van der Waals surface area contributed by atoms with Crippen LogP contribution < -0.4 is 21.4 Å². The SMILES string of the molecule is C=CCn1c(=O)c2c(nc(N/N=C\c3ccc(O)c(OC)c3)n2C)n(C)c1=O. The summed E-state index contributed by atoms with van der Waals surface area (Å²) < 4.78 is 8.98. The first-order chi connectivity index (χ1) is 13.4. The van der Waals surface area contributed by atoms with Gasteiger partial charge in [0.05, 0.1) is 13.3 Å². The monoisotopic (exact) mass is 384 g/mol. The van der Waals surface area contributed by atoms with Crippen molar-refractivity contribution in [2.45, 2.75) is 6.54 Å². The summed E-state index contributed by atoms with van der Waals surface area (Å²) in [6, 6.07) is 4.77. The van der Waals surface area contributed by atoms with Crippen molar-refractivity contribution in [2.24, 2.45) is 19.2 Å². The topological polar surface area (TPSA) is 116 Å². The second kappa shape index (κ2) is 7.43. The quantitative estimate of drug-likeness (QED) is 0.369. The number of allylic oxidation sites excluding steroid dienone is 1. The first-order valence-corrected chi connectivity index (χ1v) is 8.32. The maximum atomic E-state index is 12.7. The highest BCUT2D eigenvalue weighted by molar-refractivity contribution is 5.81. The van der Waals surface area contributed by atoms with Crippen LogP contribution in [-0.2, 0) is 20.6 Å². The summed E-state index contributed by atoms with van der Waals surface area (Å²) in [5.41, 5.74) is 3.05. The van der Waals surface area contributed by atoms with Crippen LogP contribution in [0, 0.1) is 0 Å². The van der Waals surface area contributed by atoms with E-state index in [1.807, 2.05) is 0 Å². The van der Waals surface area contributed by atoms with Crippen LogP contribution in [0.1, 0.15) is 5.56 Å². The number of aromatic hydroxyl groups is 1. The number of fused-ring (bicyclic) bond motifs is 1. The molecular formula is C18H20N6O4. The van der Waals surface area contributed by atoms with Crippen LogP contribution in [0.3, 0.4) is 0 Å². The van der Waals surface area contributed by atoms with Crippen LogP contribution in [0.2, 0.25) is 0 Å². The molecule has 0 fully saturated rings. The average Bonchev–Trinajstić information content (AvgIpc) is 3.01. The molecule has 10 nitrogen and oxygen atoms in total. The fourth-order valence-corrected chi connectivity index (χ4v) is 2.77. The minimum atomic E-state index is -0.471. The smallest absolute Gasteiger partial charge is 0.332 e. The molecule has 0 unspecified atom stereocenters. The van der Waals surface area contributed by atoms with Gasteiger partial charge in [0, 0.05) is 20.6 Å². The van der Waals surface area contributed by atoms with E-state index in [2.05, 4.69) is 22.1 Å². The number of hydrogen-bond acceptors (Lipinski definition) is 7. The van der Waals surface area contributed by atoms with Gasteiger partial charge in [0.2, 0.25) is 5.95 Å². The summed E-state index contributed by atoms with van der Waals surface area (Å²) in [5.74, 6) is 0.643. The molecule has 0 saturated heterocycles. The number of anilines is 1. The third-order valence-corrected chi connectivity index (χ3v) is 4.25. The molecule has 0 amide bonds. The Morgan fingerprint density at radius 2 is 2.07 bits per heavy atom. The summed E-state index contributed by atoms with van der Waals surface area (Å²) in [6.45, 7) is 3.68. The molecule has 0 saturated carbocycles. The Kier molecular flexibility index (Phi) is 5.03. The maximum absolute atomic E-state index is 12.7. The van der Waals surface area contributed by atoms with Gasteiger partial charge in [0.25, 0.3) is 5.56 Å². The first kappa shape index (κ1) is 19.0. The second-order valence-corrected chi connectivity index (χ2v) is 6.01. The van der Waals surface area contributed by atoms with Gasteiger partial charge in [0.1, 0.15) is 0 Å². The van der Waals surface area contributed by atoms with E-state index in [1.54, 1.807) is 26.2 Å². The van der Waals surface area contributed by atoms with Gasteiger partial charge in [-0.05, 0) is 23.8 Å². The van der Waals surface area contributed by atoms with Gasteiger partial charge >= 0.3 is 5.69 Å². The molecule has 2 aromatic heterocycles. The number of hydrazone groups is 1. The van der Waals surface area contributed by atoms with Crippen molar-refractivity contribution in [1.82, 2.24) is 18.7 Å². The van der Waals surface area contributed by atoms with E-state index in [9.17, 15) is 14.7 Å². The summed E-state index contributed by atoms with van der Waals surface area (Å²) in [5, 5.41) is 13.7. The molecule has 0 radical (unpaired) electrons. The molecule has 10 heteroatoms. The lowest BCUT2D eigenvalue weighted by Crippen LogP contribution is -2.39. The summed E-state index contributed by atoms with van der Waals surface area (Å²) in [4.78, 5) is 29.3. The molecule has 1 aromatic carbocycles. The number of nitrogens with zero attached hydrogens (tertiary/aromatic N) is 5. The summed E-state index contributed by atoms with van der Waals surface area (Å²) in [6.07, 6.45) is 3.00. The second-order valence-electron chi connectivity index (χ2n) is 6.01. The van der Waals surface area contributed by atoms with Crippen molar-refractivity contribution in [3.63, 3.8) is 0 Å². The van der Waals surface area contributed by atoms with Crippen molar-refractivity contribution in [1.29, 1.82) is 0 Å². The molecular weight excluding hydrogens is 364 g/mol. The lowest BCUT2D eigenvalue weighted by atomic mass is 10.2. The molecule has 0 aliphatic heterocycles. The predicted molar refractivity (Wildman–Crippen MR) is 106 cm³/mol. The van der Waals surface area contributed by atoms with Crippen LogP contribution in [-0.4, -0.2) is 37.1 Å². The molecule has 2 heterocycles. The fourth-order valence-electron chi connectivity index (χ4n) is 2.77. The van der Waals surface area contributed by atoms with Crippen LogP contribution in [0.4, 0.5) is 5.95 Å². The minimum Gasteiger partial charge on any atom is -0.504 e. The van der Waals surface area contributed by atoms with Gasteiger partial charge in [-0.2, -0.15) is 10.1 Å². The van der Waals surface area contributed by atoms with E-state index in [0.29, 0.717) is 17.3 Å². The van der Waals surface area contributed by atoms with Gasteiger partial charge in [-0.3, -0.25) is 13.9 Å². The standard InChI is InChI=1S/C18H20N6O4/c1-5-8-24-16(26)14-15(23(3)18(24)27)20-17(22(14)2)21-19-10-11-6-7-12(25)13(9-11)28-4/h5-7,9-10,25H,1,8H2,2-4H3,(H,20,21)/b19-10-. The van der Waals surface area contributed by atoms with Crippen LogP contribution in [0.15, 0.2) is 45.5 Å². The molecule has 28 heavy (non-hydrogen) atoms. The summed E-state index contributed by atoms with van der Waals surface area (Å²) >= 11 is 0. The third-order valence-electron chi connectivity index (χ3n) is 4.25. The molecule has 3 rings (SSSR count). The normalized spacial score (nSPS) is 11.2. The van der Waals surface area contributed by atoms with Crippen LogP contribution in [0.5, 0.6) is 11.5 Å². The number of nitrogens with one attached hydrogen (secondary N) is 1. The number of hydrogen-bond donors (Lipinski definition) is 2. The summed E-state index contributed by atoms with van der Waals surface area (Å²) in [7, 11) is 4.66. The zero-order valence-electron chi connectivity index (χ0n) is 15.7. The Balaban J connectivity index is 1.99. The zero-order valence-corrected chi connectivity index (χ0v) is 15.7. The van der Waals surface area contributed by atoms with Crippen molar-refractivity contribution in [2.75, 3.05) is 12.5 Å². The fraction of sp³-hybridized carbons (Fsp3) is 0.222. The molecule has 0 atom stereocenters. The van der Waals surface area contributed by atoms with E-state index in [0.717, 1.165) is 4.57 Å². The zero-order chi connectivity index (χ0) is 20.4. The van der Waals surface area contributed by atoms with Gasteiger partial charge < -0.3 is 14.4 Å². The van der Waals surface area contributed by atoms with Crippen molar-refractivity contribution >= 4 is 23.3 Å². The molecule has 0 bridgehead atoms. The maximum Gasteiger partial charge on any atom is 0.332 e. The van der Waals surface area contributed by atoms with E-state index >= 15 is 0 Å². The number of aryl methyl sites for hydroxylation is 2. The lowest BCUT2D eigenvalue weighted by Gasteiger charge is -2.06. The van der Waals surface area contributed by atoms with E-state index in [4.69, 9.17) is 4.74 Å². The Hall–Kier alpha value is -3.82.